The molecule has 5 rings (SSSR count). The second-order valence-corrected chi connectivity index (χ2v) is 11.2. The minimum Gasteiger partial charge on any atom is -0.870 e. The van der Waals surface area contributed by atoms with E-state index in [0.717, 1.165) is 70.6 Å². The van der Waals surface area contributed by atoms with Crippen LogP contribution in [0.5, 0.6) is 0 Å². The van der Waals surface area contributed by atoms with Crippen molar-refractivity contribution in [2.45, 2.75) is 32.9 Å². The van der Waals surface area contributed by atoms with Crippen molar-refractivity contribution in [1.29, 1.82) is 0 Å². The molecule has 0 fully saturated rings. The average molecular weight is 634 g/mol. The standard InChI is InChI=1S/C32H34ClN7O2S.H2O/c1-5-39(6-2)21-13-15-25-27(19-21)42-28-20-22(40(7-3)8-4)14-16-26(28)29(25)23-11-9-10-12-24(23)30(41)34-17-18-43-32-37-35-31(33)36-38-32;/h9-16,19-20H,5-8,17-18H2,1-4H3;1H2. The Balaban J connectivity index is 0.00000442. The summed E-state index contributed by atoms with van der Waals surface area (Å²) >= 11 is 7.01. The van der Waals surface area contributed by atoms with Crippen LogP contribution in [0.1, 0.15) is 38.1 Å². The number of amides is 1. The third kappa shape index (κ3) is 7.01. The Bertz CT molecular complexity index is 1770. The largest absolute Gasteiger partial charge is 0.870 e. The molecule has 0 unspecified atom stereocenters. The number of carbonyl (C=O) groups is 1. The number of nitrogens with zero attached hydrogens (tertiary/aromatic N) is 6. The second kappa shape index (κ2) is 15.1. The van der Waals surface area contributed by atoms with Crippen molar-refractivity contribution in [2.75, 3.05) is 43.4 Å². The van der Waals surface area contributed by atoms with Crippen LogP contribution in [0.4, 0.5) is 5.69 Å². The zero-order chi connectivity index (χ0) is 30.3. The maximum atomic E-state index is 13.6. The Labute approximate surface area is 265 Å². The molecule has 2 N–H and O–H groups in total. The molecule has 44 heavy (non-hydrogen) atoms. The van der Waals surface area contributed by atoms with Crippen molar-refractivity contribution >= 4 is 45.9 Å². The SMILES string of the molecule is CCN(CC)c1ccc2c(-c3ccccc3C(=O)NCCSc3nnc(Cl)nn3)c3ccc(=[N+](CC)CC)cc-3oc2c1.[OH-]. The van der Waals surface area contributed by atoms with E-state index in [-0.39, 0.29) is 16.7 Å². The molecule has 1 aliphatic carbocycles. The molecule has 3 aromatic rings. The molecule has 0 spiro atoms. The summed E-state index contributed by atoms with van der Waals surface area (Å²) in [6.45, 7) is 12.6. The van der Waals surface area contributed by atoms with Crippen molar-refractivity contribution in [2.24, 2.45) is 0 Å². The molecule has 1 aliphatic heterocycles. The monoisotopic (exact) mass is 633 g/mol. The fourth-order valence-electron chi connectivity index (χ4n) is 5.30. The van der Waals surface area contributed by atoms with E-state index >= 15 is 0 Å². The lowest BCUT2D eigenvalue weighted by Gasteiger charge is -2.22. The molecular weight excluding hydrogens is 598 g/mol. The zero-order valence-corrected chi connectivity index (χ0v) is 26.8. The number of anilines is 1. The minimum atomic E-state index is -0.161. The van der Waals surface area contributed by atoms with Crippen LogP contribution in [0, 0.1) is 0 Å². The number of thioether (sulfide) groups is 1. The van der Waals surface area contributed by atoms with Crippen molar-refractivity contribution in [3.8, 4) is 22.5 Å². The van der Waals surface area contributed by atoms with E-state index in [9.17, 15) is 4.79 Å². The summed E-state index contributed by atoms with van der Waals surface area (Å²) in [5.74, 6) is 1.17. The number of nitrogens with one attached hydrogen (secondary N) is 1. The normalized spacial score (nSPS) is 10.9. The summed E-state index contributed by atoms with van der Waals surface area (Å²) < 4.78 is 8.91. The molecule has 0 saturated carbocycles. The average Bonchev–Trinajstić information content (AvgIpc) is 3.03. The number of carbonyl (C=O) groups excluding carboxylic acids is 1. The Morgan fingerprint density at radius 1 is 0.932 bits per heavy atom. The first-order chi connectivity index (χ1) is 21.0. The van der Waals surface area contributed by atoms with E-state index in [1.165, 1.54) is 11.8 Å². The van der Waals surface area contributed by atoms with Crippen molar-refractivity contribution in [3.05, 3.63) is 76.9 Å². The van der Waals surface area contributed by atoms with E-state index in [2.05, 4.69) is 99.3 Å². The van der Waals surface area contributed by atoms with Gasteiger partial charge in [0.25, 0.3) is 11.2 Å². The maximum Gasteiger partial charge on any atom is 0.262 e. The number of halogens is 1. The van der Waals surface area contributed by atoms with Gasteiger partial charge in [0.1, 0.15) is 24.4 Å². The van der Waals surface area contributed by atoms with Crippen molar-refractivity contribution in [1.82, 2.24) is 30.3 Å². The molecule has 0 saturated heterocycles. The van der Waals surface area contributed by atoms with Gasteiger partial charge in [-0.05, 0) is 69.1 Å². The minimum absolute atomic E-state index is 0. The molecule has 0 atom stereocenters. The molecule has 2 aromatic carbocycles. The third-order valence-electron chi connectivity index (χ3n) is 7.44. The first-order valence-corrected chi connectivity index (χ1v) is 15.9. The Kier molecular flexibility index (Phi) is 11.3. The van der Waals surface area contributed by atoms with Crippen LogP contribution in [-0.4, -0.2) is 70.3 Å². The van der Waals surface area contributed by atoms with E-state index in [4.69, 9.17) is 16.0 Å². The summed E-state index contributed by atoms with van der Waals surface area (Å²) in [4.78, 5) is 15.9. The predicted molar refractivity (Wildman–Crippen MR) is 176 cm³/mol. The highest BCUT2D eigenvalue weighted by molar-refractivity contribution is 7.99. The Morgan fingerprint density at radius 3 is 2.36 bits per heavy atom. The molecule has 2 aliphatic rings. The van der Waals surface area contributed by atoms with Gasteiger partial charge in [0.2, 0.25) is 10.5 Å². The molecule has 1 amide bonds. The van der Waals surface area contributed by atoms with Crippen molar-refractivity contribution in [3.63, 3.8) is 0 Å². The zero-order valence-electron chi connectivity index (χ0n) is 25.2. The van der Waals surface area contributed by atoms with Crippen LogP contribution >= 0.6 is 23.4 Å². The molecule has 0 radical (unpaired) electrons. The van der Waals surface area contributed by atoms with Crippen LogP contribution in [0.15, 0.2) is 70.2 Å². The molecule has 0 bridgehead atoms. The Morgan fingerprint density at radius 2 is 1.66 bits per heavy atom. The maximum absolute atomic E-state index is 13.6. The summed E-state index contributed by atoms with van der Waals surface area (Å²) in [6.07, 6.45) is 0. The highest BCUT2D eigenvalue weighted by Crippen LogP contribution is 2.42. The predicted octanol–water partition coefficient (Wildman–Crippen LogP) is 5.44. The highest BCUT2D eigenvalue weighted by Gasteiger charge is 2.23. The molecule has 12 heteroatoms. The summed E-state index contributed by atoms with van der Waals surface area (Å²) in [6, 6.07) is 20.4. The first-order valence-electron chi connectivity index (χ1n) is 14.5. The number of benzene rings is 3. The number of hydrogen-bond acceptors (Lipinski definition) is 9. The van der Waals surface area contributed by atoms with Crippen LogP contribution in [0.3, 0.4) is 0 Å². The molecule has 230 valence electrons. The molecule has 2 heterocycles. The van der Waals surface area contributed by atoms with Gasteiger partial charge in [0, 0.05) is 65.3 Å². The summed E-state index contributed by atoms with van der Waals surface area (Å²) in [5.41, 5.74) is 5.24. The van der Waals surface area contributed by atoms with Gasteiger partial charge >= 0.3 is 0 Å². The van der Waals surface area contributed by atoms with Gasteiger partial charge in [-0.2, -0.15) is 0 Å². The van der Waals surface area contributed by atoms with Gasteiger partial charge in [-0.25, -0.2) is 4.58 Å². The number of fused-ring (bicyclic) bond motifs is 2. The topological polar surface area (TPSA) is 130 Å². The number of aromatic nitrogens is 4. The molecule has 10 nitrogen and oxygen atoms in total. The lowest BCUT2D eigenvalue weighted by molar-refractivity contribution is 0.0957. The van der Waals surface area contributed by atoms with Crippen LogP contribution in [0.25, 0.3) is 33.4 Å². The number of hydrogen-bond donors (Lipinski definition) is 1. The summed E-state index contributed by atoms with van der Waals surface area (Å²) in [5, 5.41) is 20.7. The quantitative estimate of drug-likeness (QED) is 0.0874. The fourth-order valence-corrected chi connectivity index (χ4v) is 5.96. The van der Waals surface area contributed by atoms with Gasteiger partial charge in [0.15, 0.2) is 0 Å². The third-order valence-corrected chi connectivity index (χ3v) is 8.42. The van der Waals surface area contributed by atoms with Gasteiger partial charge in [-0.15, -0.1) is 20.4 Å². The van der Waals surface area contributed by atoms with Gasteiger partial charge in [0.05, 0.1) is 6.07 Å². The van der Waals surface area contributed by atoms with E-state index in [1.807, 2.05) is 24.3 Å². The van der Waals surface area contributed by atoms with Gasteiger partial charge in [-0.1, -0.05) is 30.0 Å². The summed E-state index contributed by atoms with van der Waals surface area (Å²) in [7, 11) is 0. The highest BCUT2D eigenvalue weighted by atomic mass is 35.5. The number of rotatable bonds is 11. The van der Waals surface area contributed by atoms with Crippen LogP contribution in [-0.2, 0) is 0 Å². The van der Waals surface area contributed by atoms with E-state index in [1.54, 1.807) is 0 Å². The van der Waals surface area contributed by atoms with E-state index in [0.29, 0.717) is 23.0 Å². The molecule has 1 aromatic heterocycles. The van der Waals surface area contributed by atoms with Crippen LogP contribution < -0.4 is 20.1 Å². The van der Waals surface area contributed by atoms with Gasteiger partial charge in [-0.3, -0.25) is 4.79 Å². The van der Waals surface area contributed by atoms with Crippen LogP contribution in [0.2, 0.25) is 5.28 Å². The van der Waals surface area contributed by atoms with Gasteiger partial charge < -0.3 is 20.1 Å². The smallest absolute Gasteiger partial charge is 0.262 e. The van der Waals surface area contributed by atoms with Crippen molar-refractivity contribution < 1.29 is 14.7 Å². The lowest BCUT2D eigenvalue weighted by Crippen LogP contribution is -2.29. The van der Waals surface area contributed by atoms with E-state index < -0.39 is 0 Å². The Hall–Kier alpha value is -4.06. The second-order valence-electron chi connectivity index (χ2n) is 9.78. The first kappa shape index (κ1) is 32.8. The lowest BCUT2D eigenvalue weighted by atomic mass is 9.90. The molecular formula is C32H36ClN7O3S. The fraction of sp³-hybridized carbons (Fsp3) is 0.312.